The van der Waals surface area contributed by atoms with Crippen LogP contribution in [0.5, 0.6) is 17.2 Å². The topological polar surface area (TPSA) is 241 Å². The fraction of sp³-hybridized carbons (Fsp3) is 0.525. The number of alkyl halides is 1. The maximum absolute atomic E-state index is 15.1. The monoisotopic (exact) mass is 1180 g/mol. The quantitative estimate of drug-likeness (QED) is 0.0334. The van der Waals surface area contributed by atoms with Gasteiger partial charge < -0.3 is 54.9 Å². The van der Waals surface area contributed by atoms with Crippen molar-refractivity contribution in [3.63, 3.8) is 0 Å². The largest absolute Gasteiger partial charge is 0.507 e. The molecule has 6 N–H and O–H groups in total. The second kappa shape index (κ2) is 24.2. The lowest BCUT2D eigenvalue weighted by Crippen LogP contribution is -2.47. The van der Waals surface area contributed by atoms with Gasteiger partial charge in [-0.2, -0.15) is 0 Å². The number of nitrogens with zero attached hydrogens (tertiary/aromatic N) is 4. The van der Waals surface area contributed by atoms with Crippen LogP contribution in [0, 0.1) is 42.9 Å². The van der Waals surface area contributed by atoms with E-state index in [4.69, 9.17) is 35.4 Å². The lowest BCUT2D eigenvalue weighted by atomic mass is 9.78. The number of hydrogen-bond donors (Lipinski definition) is 6. The first kappa shape index (κ1) is 58.3. The fourth-order valence-corrected chi connectivity index (χ4v) is 12.0. The van der Waals surface area contributed by atoms with E-state index < -0.39 is 101 Å². The van der Waals surface area contributed by atoms with Crippen LogP contribution in [0.25, 0.3) is 10.8 Å². The normalized spacial score (nSPS) is 29.6. The first-order chi connectivity index (χ1) is 37.1. The molecule has 18 nitrogen and oxygen atoms in total. The number of aliphatic hydroxyl groups is 2. The van der Waals surface area contributed by atoms with E-state index in [1.165, 1.54) is 45.4 Å². The molecule has 2 fully saturated rings. The number of piperidine rings is 2. The minimum atomic E-state index is -2.46. The standard InChI is InChI=1S/C59H73IN6O12/c1-10-59-56(73)46-44-45(52(71)38(8)55(46)78-59)53(72)49(48-47(44)63-58(64-48)22-26-66(27-23-58)30-34(4)60)62-57(74)33(3)16-14-15-32(2)50(69)36(6)51(70)37(7)54(35(5)41(75-9)21-28-76-59)77-43(68)29-42(67)61-40-19-17-39(18-20-40)31-65-24-12-11-13-25-65/h1,14-21,28,32,34-37,41,50-51,54,69-72H,11-13,22-27,29-31H2,2-9H3,(H,61,67)(H,62,74)/b15-14+,28-21+,33-16-/t32-,34?,35+,36+,37+,41-,50-,51+,54+,59-/m0/s1. The molecule has 10 atom stereocenters. The Morgan fingerprint density at radius 3 is 2.26 bits per heavy atom. The van der Waals surface area contributed by atoms with Gasteiger partial charge in [0.1, 0.15) is 35.1 Å². The van der Waals surface area contributed by atoms with Crippen LogP contribution in [0.1, 0.15) is 102 Å². The molecule has 5 bridgehead atoms. The molecule has 6 aliphatic heterocycles. The number of methoxy groups -OCH3 is 1. The summed E-state index contributed by atoms with van der Waals surface area (Å²) in [6.07, 6.45) is 12.9. The van der Waals surface area contributed by atoms with Gasteiger partial charge in [0.2, 0.25) is 5.91 Å². The summed E-state index contributed by atoms with van der Waals surface area (Å²) >= 11 is 2.39. The summed E-state index contributed by atoms with van der Waals surface area (Å²) in [7, 11) is 1.41. The van der Waals surface area contributed by atoms with Gasteiger partial charge in [-0.3, -0.25) is 34.1 Å². The highest BCUT2D eigenvalue weighted by molar-refractivity contribution is 14.1. The number of likely N-dealkylation sites (tertiary alicyclic amines) is 2. The van der Waals surface area contributed by atoms with E-state index in [9.17, 15) is 34.8 Å². The number of esters is 1. The Kier molecular flexibility index (Phi) is 18.1. The predicted molar refractivity (Wildman–Crippen MR) is 303 cm³/mol. The number of benzene rings is 3. The van der Waals surface area contributed by atoms with Gasteiger partial charge in [0.15, 0.2) is 11.4 Å². The number of carbonyl (C=O) groups excluding carboxylic acids is 4. The van der Waals surface area contributed by atoms with Crippen molar-refractivity contribution in [2.45, 2.75) is 133 Å². The molecule has 19 heteroatoms. The molecule has 78 heavy (non-hydrogen) atoms. The number of anilines is 2. The molecule has 1 spiro atoms. The van der Waals surface area contributed by atoms with Crippen LogP contribution in [-0.2, 0) is 35.1 Å². The Morgan fingerprint density at radius 1 is 0.923 bits per heavy atom. The fourth-order valence-electron chi connectivity index (χ4n) is 11.4. The highest BCUT2D eigenvalue weighted by atomic mass is 127. The Hall–Kier alpha value is -5.89. The van der Waals surface area contributed by atoms with E-state index in [0.717, 1.165) is 38.0 Å². The molecular formula is C59H73IN6O12. The molecule has 3 aromatic carbocycles. The Labute approximate surface area is 469 Å². The molecule has 6 heterocycles. The van der Waals surface area contributed by atoms with Crippen LogP contribution in [-0.4, -0.2) is 133 Å². The van der Waals surface area contributed by atoms with Gasteiger partial charge in [-0.15, -0.1) is 6.42 Å². The summed E-state index contributed by atoms with van der Waals surface area (Å²) in [4.78, 5) is 71.4. The Bertz CT molecular complexity index is 3070. The van der Waals surface area contributed by atoms with E-state index in [0.29, 0.717) is 35.5 Å². The van der Waals surface area contributed by atoms with Crippen molar-refractivity contribution in [1.29, 1.82) is 0 Å². The van der Waals surface area contributed by atoms with Crippen LogP contribution in [0.15, 0.2) is 70.4 Å². The van der Waals surface area contributed by atoms with Crippen LogP contribution >= 0.6 is 22.6 Å². The number of hydrogen-bond acceptors (Lipinski definition) is 16. The molecule has 6 aliphatic rings. The third-order valence-electron chi connectivity index (χ3n) is 16.1. The first-order valence-corrected chi connectivity index (χ1v) is 28.2. The zero-order chi connectivity index (χ0) is 56.4. The van der Waals surface area contributed by atoms with E-state index in [-0.39, 0.29) is 49.6 Å². The van der Waals surface area contributed by atoms with Gasteiger partial charge in [0.25, 0.3) is 11.7 Å². The smallest absolute Gasteiger partial charge is 0.383 e. The van der Waals surface area contributed by atoms with Gasteiger partial charge in [-0.05, 0) is 69.5 Å². The molecule has 418 valence electrons. The van der Waals surface area contributed by atoms with E-state index >= 15 is 4.79 Å². The summed E-state index contributed by atoms with van der Waals surface area (Å²) in [5, 5.41) is 53.6. The van der Waals surface area contributed by atoms with Crippen LogP contribution < -0.4 is 26.1 Å². The number of carbonyl (C=O) groups is 4. The van der Waals surface area contributed by atoms with Crippen molar-refractivity contribution in [3.05, 3.63) is 87.8 Å². The highest BCUT2D eigenvalue weighted by Crippen LogP contribution is 2.50. The van der Waals surface area contributed by atoms with Gasteiger partial charge in [-0.1, -0.05) is 94.0 Å². The molecule has 0 aliphatic carbocycles. The SMILES string of the molecule is C#C[C@@]12O/C=C/[C@H](OC)[C@@H](C)[C@@H](OC(=O)CC(=O)Nc3ccc(CN4CCCCC4)cc3)[C@H](C)[C@H](O)[C@H](C)[C@@H](O)[C@@H](C)/C=C/C=C(/C)C(=O)Nc3c(O)c4c(O)c(C)c(c(c4c4c3=NC3(CCN(CC(C)I)CC3)N=4)C1=O)O2. The lowest BCUT2D eigenvalue weighted by molar-refractivity contribution is -0.164. The number of fused-ring (bicyclic) bond motifs is 13. The number of aliphatic hydroxyl groups excluding tert-OH is 2. The maximum atomic E-state index is 15.1. The van der Waals surface area contributed by atoms with Crippen molar-refractivity contribution in [3.8, 4) is 29.6 Å². The van der Waals surface area contributed by atoms with E-state index in [1.807, 2.05) is 12.1 Å². The van der Waals surface area contributed by atoms with Crippen molar-refractivity contribution in [1.82, 2.24) is 9.80 Å². The number of allylic oxidation sites excluding steroid dienone is 2. The number of phenolic OH excluding ortho intramolecular Hbond substituents is 2. The maximum Gasteiger partial charge on any atom is 0.383 e. The minimum Gasteiger partial charge on any atom is -0.507 e. The number of terminal acetylenes is 1. The van der Waals surface area contributed by atoms with Gasteiger partial charge in [0, 0.05) is 95.9 Å². The number of Topliss-reactive ketones (excluding diaryl/α,β-unsaturated/α-hetero) is 1. The van der Waals surface area contributed by atoms with Crippen molar-refractivity contribution < 1.29 is 58.6 Å². The van der Waals surface area contributed by atoms with Crippen LogP contribution in [0.3, 0.4) is 0 Å². The molecule has 1 unspecified atom stereocenters. The summed E-state index contributed by atoms with van der Waals surface area (Å²) < 4.78 is 24.8. The molecule has 9 rings (SSSR count). The summed E-state index contributed by atoms with van der Waals surface area (Å²) in [5.41, 5.74) is 0.595. The molecule has 2 amide bonds. The molecule has 2 saturated heterocycles. The molecule has 3 aromatic rings. The van der Waals surface area contributed by atoms with Gasteiger partial charge >= 0.3 is 11.8 Å². The minimum absolute atomic E-state index is 0.0130. The number of aromatic hydroxyl groups is 2. The number of ketones is 1. The number of rotatable bonds is 9. The molecule has 0 radical (unpaired) electrons. The number of ether oxygens (including phenoxy) is 4. The predicted octanol–water partition coefficient (Wildman–Crippen LogP) is 6.53. The Balaban J connectivity index is 1.14. The number of phenols is 2. The van der Waals surface area contributed by atoms with Crippen molar-refractivity contribution in [2.24, 2.45) is 33.7 Å². The van der Waals surface area contributed by atoms with Crippen molar-refractivity contribution in [2.75, 3.05) is 50.5 Å². The first-order valence-electron chi connectivity index (χ1n) is 26.9. The molecule has 0 saturated carbocycles. The lowest BCUT2D eigenvalue weighted by Gasteiger charge is -2.38. The van der Waals surface area contributed by atoms with E-state index in [2.05, 4.69) is 55.9 Å². The third kappa shape index (κ3) is 12.0. The second-order valence-corrected chi connectivity index (χ2v) is 23.9. The second-order valence-electron chi connectivity index (χ2n) is 21.8. The number of halogens is 1. The molecular weight excluding hydrogens is 1110 g/mol. The molecule has 0 aromatic heterocycles. The summed E-state index contributed by atoms with van der Waals surface area (Å²) in [6, 6.07) is 7.48. The summed E-state index contributed by atoms with van der Waals surface area (Å²) in [5.74, 6) is -7.22. The van der Waals surface area contributed by atoms with Crippen molar-refractivity contribution >= 4 is 68.3 Å². The number of amides is 2. The van der Waals surface area contributed by atoms with Gasteiger partial charge in [-0.25, -0.2) is 0 Å². The zero-order valence-corrected chi connectivity index (χ0v) is 47.8. The van der Waals surface area contributed by atoms with Gasteiger partial charge in [0.05, 0.1) is 40.9 Å². The van der Waals surface area contributed by atoms with E-state index in [1.54, 1.807) is 58.9 Å². The average Bonchev–Trinajstić information content (AvgIpc) is 4.17. The third-order valence-corrected chi connectivity index (χ3v) is 16.5. The Morgan fingerprint density at radius 2 is 1.60 bits per heavy atom. The van der Waals surface area contributed by atoms with Crippen LogP contribution in [0.2, 0.25) is 0 Å². The average molecular weight is 1190 g/mol. The highest BCUT2D eigenvalue weighted by Gasteiger charge is 2.53. The zero-order valence-electron chi connectivity index (χ0n) is 45.7. The summed E-state index contributed by atoms with van der Waals surface area (Å²) in [6.45, 7) is 17.1. The van der Waals surface area contributed by atoms with Crippen LogP contribution in [0.4, 0.5) is 11.4 Å². The number of nitrogens with one attached hydrogen (secondary N) is 2.